The highest BCUT2D eigenvalue weighted by atomic mass is 15.2. The molecular weight excluding hydrogens is 310 g/mol. The van der Waals surface area contributed by atoms with E-state index in [1.54, 1.807) is 0 Å². The number of rotatable bonds is 4. The van der Waals surface area contributed by atoms with Gasteiger partial charge in [-0.05, 0) is 57.2 Å². The molecule has 1 aliphatic carbocycles. The Morgan fingerprint density at radius 1 is 1.24 bits per heavy atom. The van der Waals surface area contributed by atoms with Crippen LogP contribution in [0.5, 0.6) is 0 Å². The molecule has 1 saturated heterocycles. The predicted molar refractivity (Wildman–Crippen MR) is 103 cm³/mol. The molecule has 1 aromatic heterocycles. The summed E-state index contributed by atoms with van der Waals surface area (Å²) in [7, 11) is 0. The van der Waals surface area contributed by atoms with Gasteiger partial charge >= 0.3 is 0 Å². The Labute approximate surface area is 149 Å². The number of nitrogens with one attached hydrogen (secondary N) is 1. The molecule has 0 radical (unpaired) electrons. The fraction of sp³-hybridized carbons (Fsp3) is 0.500. The van der Waals surface area contributed by atoms with Crippen molar-refractivity contribution in [2.45, 2.75) is 32.6 Å². The molecule has 2 aromatic rings. The molecule has 1 aromatic carbocycles. The lowest BCUT2D eigenvalue weighted by atomic mass is 10.0. The molecule has 2 heterocycles. The first kappa shape index (κ1) is 16.3. The number of benzene rings is 1. The van der Waals surface area contributed by atoms with Gasteiger partial charge in [0.2, 0.25) is 5.95 Å². The zero-order chi connectivity index (χ0) is 17.2. The van der Waals surface area contributed by atoms with Crippen molar-refractivity contribution in [1.82, 2.24) is 15.3 Å². The number of hydrogen-bond acceptors (Lipinski definition) is 5. The summed E-state index contributed by atoms with van der Waals surface area (Å²) in [5.41, 5.74) is 11.0. The van der Waals surface area contributed by atoms with E-state index < -0.39 is 0 Å². The third-order valence-electron chi connectivity index (χ3n) is 5.47. The molecule has 0 bridgehead atoms. The van der Waals surface area contributed by atoms with Gasteiger partial charge in [-0.1, -0.05) is 24.3 Å². The van der Waals surface area contributed by atoms with Crippen LogP contribution in [0.25, 0.3) is 11.3 Å². The molecule has 2 aliphatic rings. The van der Waals surface area contributed by atoms with Gasteiger partial charge in [0.05, 0.1) is 5.69 Å². The first-order chi connectivity index (χ1) is 12.3. The van der Waals surface area contributed by atoms with Crippen LogP contribution in [0, 0.1) is 5.92 Å². The molecule has 1 fully saturated rings. The molecule has 1 aliphatic heterocycles. The molecule has 5 nitrogen and oxygen atoms in total. The maximum Gasteiger partial charge on any atom is 0.222 e. The van der Waals surface area contributed by atoms with E-state index in [2.05, 4.69) is 51.4 Å². The van der Waals surface area contributed by atoms with Gasteiger partial charge < -0.3 is 16.0 Å². The van der Waals surface area contributed by atoms with Crippen molar-refractivity contribution in [2.24, 2.45) is 5.92 Å². The Kier molecular flexibility index (Phi) is 4.57. The molecule has 1 atom stereocenters. The summed E-state index contributed by atoms with van der Waals surface area (Å²) in [6, 6.07) is 8.59. The number of nitrogen functional groups attached to an aromatic ring is 1. The van der Waals surface area contributed by atoms with Gasteiger partial charge in [-0.3, -0.25) is 0 Å². The van der Waals surface area contributed by atoms with E-state index >= 15 is 0 Å². The normalized spacial score (nSPS) is 19.2. The number of fused-ring (bicyclic) bond motifs is 3. The Morgan fingerprint density at radius 2 is 2.12 bits per heavy atom. The smallest absolute Gasteiger partial charge is 0.222 e. The fourth-order valence-electron chi connectivity index (χ4n) is 4.18. The van der Waals surface area contributed by atoms with Crippen molar-refractivity contribution >= 4 is 11.8 Å². The van der Waals surface area contributed by atoms with Gasteiger partial charge in [-0.15, -0.1) is 0 Å². The standard InChI is InChI=1S/C20H27N5/c1-2-25(13-14-10-11-22-12-14)19-17-9-5-7-15-6-3-4-8-16(15)18(17)23-20(21)24-19/h3-4,6,8,14,22H,2,5,7,9-13H2,1H3,(H2,21,23,24). The van der Waals surface area contributed by atoms with Crippen molar-refractivity contribution in [3.05, 3.63) is 35.4 Å². The van der Waals surface area contributed by atoms with Gasteiger partial charge in [0, 0.05) is 24.2 Å². The average Bonchev–Trinajstić information content (AvgIpc) is 3.07. The lowest BCUT2D eigenvalue weighted by Crippen LogP contribution is -2.32. The highest BCUT2D eigenvalue weighted by molar-refractivity contribution is 5.74. The van der Waals surface area contributed by atoms with E-state index in [9.17, 15) is 0 Å². The van der Waals surface area contributed by atoms with Crippen molar-refractivity contribution in [3.8, 4) is 11.3 Å². The van der Waals surface area contributed by atoms with E-state index in [1.165, 1.54) is 23.1 Å². The van der Waals surface area contributed by atoms with Gasteiger partial charge in [0.25, 0.3) is 0 Å². The molecule has 25 heavy (non-hydrogen) atoms. The molecule has 0 saturated carbocycles. The van der Waals surface area contributed by atoms with E-state index in [4.69, 9.17) is 5.73 Å². The lowest BCUT2D eigenvalue weighted by Gasteiger charge is -2.28. The summed E-state index contributed by atoms with van der Waals surface area (Å²) in [5.74, 6) is 2.12. The highest BCUT2D eigenvalue weighted by Crippen LogP contribution is 2.36. The number of nitrogens with zero attached hydrogens (tertiary/aromatic N) is 3. The third kappa shape index (κ3) is 3.21. The minimum absolute atomic E-state index is 0.383. The van der Waals surface area contributed by atoms with Crippen LogP contribution in [0.4, 0.5) is 11.8 Å². The number of aromatic nitrogens is 2. The van der Waals surface area contributed by atoms with Crippen molar-refractivity contribution in [3.63, 3.8) is 0 Å². The summed E-state index contributed by atoms with van der Waals surface area (Å²) < 4.78 is 0. The molecule has 0 spiro atoms. The molecule has 0 amide bonds. The van der Waals surface area contributed by atoms with Crippen molar-refractivity contribution in [2.75, 3.05) is 36.8 Å². The van der Waals surface area contributed by atoms with Gasteiger partial charge in [-0.25, -0.2) is 4.98 Å². The predicted octanol–water partition coefficient (Wildman–Crippen LogP) is 2.65. The molecular formula is C20H27N5. The summed E-state index contributed by atoms with van der Waals surface area (Å²) >= 11 is 0. The SMILES string of the molecule is CCN(CC1CCNC1)c1nc(N)nc2c1CCCc1ccccc1-2. The second-order valence-electron chi connectivity index (χ2n) is 7.14. The number of nitrogens with two attached hydrogens (primary N) is 1. The van der Waals surface area contributed by atoms with E-state index in [1.807, 2.05) is 0 Å². The third-order valence-corrected chi connectivity index (χ3v) is 5.47. The van der Waals surface area contributed by atoms with E-state index in [0.29, 0.717) is 11.9 Å². The zero-order valence-electron chi connectivity index (χ0n) is 15.0. The molecule has 3 N–H and O–H groups in total. The van der Waals surface area contributed by atoms with Crippen LogP contribution >= 0.6 is 0 Å². The van der Waals surface area contributed by atoms with Crippen molar-refractivity contribution < 1.29 is 0 Å². The van der Waals surface area contributed by atoms with Gasteiger partial charge in [-0.2, -0.15) is 4.98 Å². The Balaban J connectivity index is 1.78. The van der Waals surface area contributed by atoms with E-state index in [0.717, 1.165) is 57.0 Å². The maximum atomic E-state index is 6.13. The summed E-state index contributed by atoms with van der Waals surface area (Å²) in [4.78, 5) is 11.7. The van der Waals surface area contributed by atoms with Crippen LogP contribution < -0.4 is 16.0 Å². The first-order valence-corrected chi connectivity index (χ1v) is 9.46. The number of anilines is 2. The fourth-order valence-corrected chi connectivity index (χ4v) is 4.18. The lowest BCUT2D eigenvalue weighted by molar-refractivity contribution is 0.560. The summed E-state index contributed by atoms with van der Waals surface area (Å²) in [6.07, 6.45) is 4.47. The Bertz CT molecular complexity index is 752. The largest absolute Gasteiger partial charge is 0.368 e. The second-order valence-corrected chi connectivity index (χ2v) is 7.14. The second kappa shape index (κ2) is 7.00. The van der Waals surface area contributed by atoms with Crippen LogP contribution in [0.2, 0.25) is 0 Å². The number of hydrogen-bond donors (Lipinski definition) is 2. The number of aryl methyl sites for hydroxylation is 1. The van der Waals surface area contributed by atoms with Crippen LogP contribution in [-0.4, -0.2) is 36.1 Å². The first-order valence-electron chi connectivity index (χ1n) is 9.46. The van der Waals surface area contributed by atoms with Gasteiger partial charge in [0.15, 0.2) is 0 Å². The van der Waals surface area contributed by atoms with Crippen LogP contribution in [0.3, 0.4) is 0 Å². The Hall–Kier alpha value is -2.14. The molecule has 5 heteroatoms. The van der Waals surface area contributed by atoms with Crippen LogP contribution in [-0.2, 0) is 12.8 Å². The quantitative estimate of drug-likeness (QED) is 0.898. The van der Waals surface area contributed by atoms with Gasteiger partial charge in [0.1, 0.15) is 5.82 Å². The summed E-state index contributed by atoms with van der Waals surface area (Å²) in [6.45, 7) is 6.41. The highest BCUT2D eigenvalue weighted by Gasteiger charge is 2.25. The van der Waals surface area contributed by atoms with Crippen LogP contribution in [0.1, 0.15) is 30.9 Å². The average molecular weight is 337 g/mol. The molecule has 1 unspecified atom stereocenters. The van der Waals surface area contributed by atoms with Crippen LogP contribution in [0.15, 0.2) is 24.3 Å². The monoisotopic (exact) mass is 337 g/mol. The van der Waals surface area contributed by atoms with Crippen molar-refractivity contribution in [1.29, 1.82) is 0 Å². The minimum atomic E-state index is 0.383. The topological polar surface area (TPSA) is 67.1 Å². The maximum absolute atomic E-state index is 6.13. The zero-order valence-corrected chi connectivity index (χ0v) is 15.0. The summed E-state index contributed by atoms with van der Waals surface area (Å²) in [5, 5.41) is 3.47. The van der Waals surface area contributed by atoms with E-state index in [-0.39, 0.29) is 0 Å². The minimum Gasteiger partial charge on any atom is -0.368 e. The molecule has 132 valence electrons. The Morgan fingerprint density at radius 3 is 2.92 bits per heavy atom. The molecule has 4 rings (SSSR count).